The molecular weight excluding hydrogens is 453 g/mol. The Labute approximate surface area is 198 Å². The number of rotatable bonds is 6. The summed E-state index contributed by atoms with van der Waals surface area (Å²) in [4.78, 5) is 22.3. The number of aryl methyl sites for hydroxylation is 2. The molecule has 3 aromatic rings. The van der Waals surface area contributed by atoms with Crippen molar-refractivity contribution in [2.45, 2.75) is 20.3 Å². The van der Waals surface area contributed by atoms with E-state index < -0.39 is 0 Å². The van der Waals surface area contributed by atoms with Gasteiger partial charge in [0.15, 0.2) is 5.13 Å². The molecule has 1 saturated heterocycles. The number of hydrogen-bond acceptors (Lipinski definition) is 5. The smallest absolute Gasteiger partial charge is 0.233 e. The Morgan fingerprint density at radius 3 is 2.71 bits per heavy atom. The van der Waals surface area contributed by atoms with Crippen LogP contribution in [0, 0.1) is 13.8 Å². The van der Waals surface area contributed by atoms with Crippen molar-refractivity contribution in [3.8, 4) is 0 Å². The van der Waals surface area contributed by atoms with E-state index >= 15 is 0 Å². The number of nitrogens with zero attached hydrogens (tertiary/aromatic N) is 3. The molecule has 2 heterocycles. The van der Waals surface area contributed by atoms with Gasteiger partial charge in [-0.25, -0.2) is 4.98 Å². The number of hydrogen-bond donors (Lipinski definition) is 0. The van der Waals surface area contributed by atoms with Crippen molar-refractivity contribution in [2.75, 3.05) is 44.3 Å². The average molecular weight is 480 g/mol. The number of aromatic nitrogens is 1. The van der Waals surface area contributed by atoms with Gasteiger partial charge in [-0.1, -0.05) is 46.7 Å². The van der Waals surface area contributed by atoms with Crippen LogP contribution in [-0.4, -0.2) is 55.2 Å². The van der Waals surface area contributed by atoms with E-state index in [4.69, 9.17) is 21.3 Å². The van der Waals surface area contributed by atoms with Crippen molar-refractivity contribution in [1.29, 1.82) is 0 Å². The fourth-order valence-electron chi connectivity index (χ4n) is 3.70. The highest BCUT2D eigenvalue weighted by Gasteiger charge is 2.22. The van der Waals surface area contributed by atoms with Gasteiger partial charge in [-0.15, -0.1) is 12.4 Å². The van der Waals surface area contributed by atoms with Crippen LogP contribution in [0.3, 0.4) is 0 Å². The van der Waals surface area contributed by atoms with Gasteiger partial charge in [0.05, 0.1) is 29.9 Å². The minimum atomic E-state index is 0. The molecule has 1 aromatic heterocycles. The normalized spacial score (nSPS) is 14.4. The first-order chi connectivity index (χ1) is 14.5. The lowest BCUT2D eigenvalue weighted by atomic mass is 10.0. The molecule has 166 valence electrons. The van der Waals surface area contributed by atoms with Crippen LogP contribution in [0.15, 0.2) is 36.4 Å². The second-order valence-electron chi connectivity index (χ2n) is 7.71. The fraction of sp³-hybridized carbons (Fsp3) is 0.391. The van der Waals surface area contributed by atoms with E-state index in [0.717, 1.165) is 59.3 Å². The van der Waals surface area contributed by atoms with Crippen LogP contribution in [0.4, 0.5) is 5.13 Å². The molecule has 1 fully saturated rings. The summed E-state index contributed by atoms with van der Waals surface area (Å²) in [5.74, 6) is 0.0698. The monoisotopic (exact) mass is 479 g/mol. The molecule has 0 spiro atoms. The Bertz CT molecular complexity index is 1050. The number of benzene rings is 2. The van der Waals surface area contributed by atoms with Crippen molar-refractivity contribution in [1.82, 2.24) is 9.88 Å². The number of halogens is 2. The van der Waals surface area contributed by atoms with Crippen LogP contribution in [0.1, 0.15) is 16.7 Å². The summed E-state index contributed by atoms with van der Waals surface area (Å²) in [5.41, 5.74) is 4.28. The zero-order valence-corrected chi connectivity index (χ0v) is 20.2. The summed E-state index contributed by atoms with van der Waals surface area (Å²) >= 11 is 7.67. The number of morpholine rings is 1. The maximum Gasteiger partial charge on any atom is 0.233 e. The van der Waals surface area contributed by atoms with Gasteiger partial charge in [-0.3, -0.25) is 14.6 Å². The molecule has 31 heavy (non-hydrogen) atoms. The van der Waals surface area contributed by atoms with Gasteiger partial charge in [0.2, 0.25) is 5.91 Å². The average Bonchev–Trinajstić information content (AvgIpc) is 3.13. The van der Waals surface area contributed by atoms with Gasteiger partial charge in [0, 0.05) is 31.2 Å². The Morgan fingerprint density at radius 2 is 1.97 bits per heavy atom. The first-order valence-electron chi connectivity index (χ1n) is 10.2. The van der Waals surface area contributed by atoms with Crippen LogP contribution < -0.4 is 4.90 Å². The predicted molar refractivity (Wildman–Crippen MR) is 131 cm³/mol. The Kier molecular flexibility index (Phi) is 8.30. The lowest BCUT2D eigenvalue weighted by molar-refractivity contribution is -0.118. The van der Waals surface area contributed by atoms with Gasteiger partial charge >= 0.3 is 0 Å². The quantitative estimate of drug-likeness (QED) is 0.504. The van der Waals surface area contributed by atoms with Crippen molar-refractivity contribution < 1.29 is 9.53 Å². The van der Waals surface area contributed by atoms with Crippen LogP contribution >= 0.6 is 35.3 Å². The molecule has 2 aromatic carbocycles. The minimum Gasteiger partial charge on any atom is -0.379 e. The van der Waals surface area contributed by atoms with E-state index in [1.165, 1.54) is 16.9 Å². The summed E-state index contributed by atoms with van der Waals surface area (Å²) in [6.45, 7) is 8.83. The highest BCUT2D eigenvalue weighted by Crippen LogP contribution is 2.31. The van der Waals surface area contributed by atoms with Gasteiger partial charge in [0.25, 0.3) is 0 Å². The zero-order valence-electron chi connectivity index (χ0n) is 17.8. The molecule has 0 saturated carbocycles. The first kappa shape index (κ1) is 24.0. The van der Waals surface area contributed by atoms with Crippen LogP contribution in [0.25, 0.3) is 10.2 Å². The molecule has 1 amide bonds. The molecule has 0 bridgehead atoms. The summed E-state index contributed by atoms with van der Waals surface area (Å²) < 4.78 is 6.44. The highest BCUT2D eigenvalue weighted by molar-refractivity contribution is 7.22. The molecule has 5 nitrogen and oxygen atoms in total. The Balaban J connectivity index is 0.00000272. The molecule has 1 aliphatic rings. The van der Waals surface area contributed by atoms with Gasteiger partial charge in [-0.05, 0) is 43.2 Å². The highest BCUT2D eigenvalue weighted by atomic mass is 35.5. The number of anilines is 1. The van der Waals surface area contributed by atoms with Crippen LogP contribution in [0.2, 0.25) is 5.02 Å². The fourth-order valence-corrected chi connectivity index (χ4v) is 4.98. The number of thiazole rings is 1. The SMILES string of the molecule is Cc1ccc(CC(=O)N(CCN2CCOCC2)c2nc3ccc(Cl)cc3s2)c(C)c1.Cl. The molecule has 1 aliphatic heterocycles. The summed E-state index contributed by atoms with van der Waals surface area (Å²) in [5, 5.41) is 1.41. The van der Waals surface area contributed by atoms with Crippen LogP contribution in [0.5, 0.6) is 0 Å². The maximum atomic E-state index is 13.4. The summed E-state index contributed by atoms with van der Waals surface area (Å²) in [6.07, 6.45) is 0.367. The third kappa shape index (κ3) is 5.96. The molecule has 0 N–H and O–H groups in total. The van der Waals surface area contributed by atoms with Gasteiger partial charge in [-0.2, -0.15) is 0 Å². The maximum absolute atomic E-state index is 13.4. The number of carbonyl (C=O) groups excluding carboxylic acids is 1. The van der Waals surface area contributed by atoms with E-state index in [1.54, 1.807) is 0 Å². The molecular formula is C23H27Cl2N3O2S. The third-order valence-electron chi connectivity index (χ3n) is 5.45. The molecule has 4 rings (SSSR count). The van der Waals surface area contributed by atoms with Crippen LogP contribution in [-0.2, 0) is 16.0 Å². The Morgan fingerprint density at radius 1 is 1.19 bits per heavy atom. The topological polar surface area (TPSA) is 45.7 Å². The summed E-state index contributed by atoms with van der Waals surface area (Å²) in [6, 6.07) is 11.9. The third-order valence-corrected chi connectivity index (χ3v) is 6.73. The van der Waals surface area contributed by atoms with Gasteiger partial charge in [0.1, 0.15) is 0 Å². The van der Waals surface area contributed by atoms with E-state index in [1.807, 2.05) is 23.1 Å². The second kappa shape index (κ2) is 10.7. The minimum absolute atomic E-state index is 0. The van der Waals surface area contributed by atoms with Crippen molar-refractivity contribution >= 4 is 56.6 Å². The van der Waals surface area contributed by atoms with E-state index in [-0.39, 0.29) is 18.3 Å². The standard InChI is InChI=1S/C23H26ClN3O2S.ClH/c1-16-3-4-18(17(2)13-16)14-22(28)27(8-7-26-9-11-29-12-10-26)23-25-20-6-5-19(24)15-21(20)30-23;/h3-6,13,15H,7-12,14H2,1-2H3;1H. The molecule has 0 radical (unpaired) electrons. The number of amides is 1. The lowest BCUT2D eigenvalue weighted by Crippen LogP contribution is -2.43. The number of fused-ring (bicyclic) bond motifs is 1. The second-order valence-corrected chi connectivity index (χ2v) is 9.16. The lowest BCUT2D eigenvalue weighted by Gasteiger charge is -2.29. The van der Waals surface area contributed by atoms with E-state index in [9.17, 15) is 4.79 Å². The van der Waals surface area contributed by atoms with E-state index in [2.05, 4.69) is 36.9 Å². The van der Waals surface area contributed by atoms with E-state index in [0.29, 0.717) is 18.0 Å². The largest absolute Gasteiger partial charge is 0.379 e. The first-order valence-corrected chi connectivity index (χ1v) is 11.4. The van der Waals surface area contributed by atoms with Gasteiger partial charge < -0.3 is 4.74 Å². The van der Waals surface area contributed by atoms with Crippen molar-refractivity contribution in [2.24, 2.45) is 0 Å². The zero-order chi connectivity index (χ0) is 21.1. The van der Waals surface area contributed by atoms with Crippen molar-refractivity contribution in [3.63, 3.8) is 0 Å². The molecule has 0 unspecified atom stereocenters. The van der Waals surface area contributed by atoms with Crippen molar-refractivity contribution in [3.05, 3.63) is 58.1 Å². The number of carbonyl (C=O) groups is 1. The predicted octanol–water partition coefficient (Wildman–Crippen LogP) is 4.90. The number of ether oxygens (including phenoxy) is 1. The Hall–Kier alpha value is -1.70. The molecule has 0 atom stereocenters. The summed E-state index contributed by atoms with van der Waals surface area (Å²) in [7, 11) is 0. The molecule has 0 aliphatic carbocycles. The molecule has 8 heteroatoms.